The Hall–Kier alpha value is -2.41. The van der Waals surface area contributed by atoms with Crippen molar-refractivity contribution in [2.45, 2.75) is 31.3 Å². The molecule has 2 amide bonds. The van der Waals surface area contributed by atoms with Crippen LogP contribution in [0.5, 0.6) is 11.6 Å². The molecule has 1 N–H and O–H groups in total. The summed E-state index contributed by atoms with van der Waals surface area (Å²) in [5, 5.41) is 2.88. The van der Waals surface area contributed by atoms with Crippen LogP contribution in [-0.4, -0.2) is 40.3 Å². The van der Waals surface area contributed by atoms with Crippen molar-refractivity contribution < 1.29 is 14.3 Å². The zero-order valence-electron chi connectivity index (χ0n) is 14.0. The first kappa shape index (κ1) is 17.0. The molecule has 26 heavy (non-hydrogen) atoms. The number of aromatic nitrogens is 1. The molecule has 4 rings (SSSR count). The smallest absolute Gasteiger partial charge is 0.255 e. The van der Waals surface area contributed by atoms with Crippen LogP contribution >= 0.6 is 15.9 Å². The molecule has 1 aromatic heterocycles. The zero-order valence-corrected chi connectivity index (χ0v) is 15.6. The first-order valence-corrected chi connectivity index (χ1v) is 9.38. The van der Waals surface area contributed by atoms with Gasteiger partial charge in [0.05, 0.1) is 5.56 Å². The molecule has 6 nitrogen and oxygen atoms in total. The number of carbonyl (C=O) groups is 2. The number of carbonyl (C=O) groups excluding carboxylic acids is 2. The average molecular weight is 416 g/mol. The van der Waals surface area contributed by atoms with Crippen molar-refractivity contribution in [2.75, 3.05) is 6.54 Å². The molecule has 0 radical (unpaired) electrons. The number of ether oxygens (including phenoxy) is 1. The summed E-state index contributed by atoms with van der Waals surface area (Å²) < 4.78 is 6.63. The number of amides is 2. The lowest BCUT2D eigenvalue weighted by atomic mass is 10.1. The lowest BCUT2D eigenvalue weighted by molar-refractivity contribution is -0.121. The molecule has 2 bridgehead atoms. The number of nitrogens with zero attached hydrogens (tertiary/aromatic N) is 2. The lowest BCUT2D eigenvalue weighted by Crippen LogP contribution is -2.42. The van der Waals surface area contributed by atoms with Crippen LogP contribution in [0.1, 0.15) is 29.6 Å². The fourth-order valence-electron chi connectivity index (χ4n) is 3.58. The van der Waals surface area contributed by atoms with Crippen LogP contribution in [0.3, 0.4) is 0 Å². The van der Waals surface area contributed by atoms with Crippen molar-refractivity contribution in [3.05, 3.63) is 52.6 Å². The van der Waals surface area contributed by atoms with Crippen molar-refractivity contribution in [1.29, 1.82) is 0 Å². The Morgan fingerprint density at radius 2 is 2.08 bits per heavy atom. The molecule has 0 spiro atoms. The first-order chi connectivity index (χ1) is 12.6. The summed E-state index contributed by atoms with van der Waals surface area (Å²) in [6.45, 7) is 0.526. The molecule has 3 heterocycles. The second-order valence-electron chi connectivity index (χ2n) is 6.55. The molecule has 2 fully saturated rings. The van der Waals surface area contributed by atoms with Crippen LogP contribution < -0.4 is 10.1 Å². The Bertz CT molecular complexity index is 840. The standard InChI is InChI=1S/C19H18BrN3O3/c20-13-2-1-3-16(8-13)26-18-7-4-12(10-22-18)19(25)23-14-5-6-15(23)11-21-17(24)9-14/h1-4,7-8,10,14-15H,5-6,9,11H2,(H,21,24)/t14-,15+/m1/s1. The molecule has 7 heteroatoms. The highest BCUT2D eigenvalue weighted by Crippen LogP contribution is 2.30. The SMILES string of the molecule is O=C1C[C@H]2CC[C@@H](CN1)N2C(=O)c1ccc(Oc2cccc(Br)c2)nc1. The van der Waals surface area contributed by atoms with Crippen LogP contribution in [-0.2, 0) is 4.79 Å². The van der Waals surface area contributed by atoms with Crippen molar-refractivity contribution in [2.24, 2.45) is 0 Å². The number of benzene rings is 1. The second kappa shape index (κ2) is 7.07. The number of nitrogens with one attached hydrogen (secondary N) is 1. The van der Waals surface area contributed by atoms with E-state index in [-0.39, 0.29) is 23.9 Å². The Labute approximate surface area is 159 Å². The molecule has 2 aromatic rings. The number of hydrogen-bond acceptors (Lipinski definition) is 4. The number of fused-ring (bicyclic) bond motifs is 2. The Kier molecular flexibility index (Phi) is 4.63. The monoisotopic (exact) mass is 415 g/mol. The summed E-state index contributed by atoms with van der Waals surface area (Å²) in [4.78, 5) is 30.8. The van der Waals surface area contributed by atoms with E-state index < -0.39 is 0 Å². The van der Waals surface area contributed by atoms with Crippen LogP contribution in [0.15, 0.2) is 47.1 Å². The van der Waals surface area contributed by atoms with Gasteiger partial charge in [0.15, 0.2) is 0 Å². The molecule has 0 aliphatic carbocycles. The van der Waals surface area contributed by atoms with Crippen molar-refractivity contribution >= 4 is 27.7 Å². The molecule has 0 unspecified atom stereocenters. The van der Waals surface area contributed by atoms with E-state index >= 15 is 0 Å². The van der Waals surface area contributed by atoms with Crippen molar-refractivity contribution in [3.8, 4) is 11.6 Å². The van der Waals surface area contributed by atoms with Gasteiger partial charge in [-0.25, -0.2) is 4.98 Å². The topological polar surface area (TPSA) is 71.5 Å². The maximum atomic E-state index is 12.9. The van der Waals surface area contributed by atoms with Crippen molar-refractivity contribution in [1.82, 2.24) is 15.2 Å². The molecular formula is C19H18BrN3O3. The highest BCUT2D eigenvalue weighted by molar-refractivity contribution is 9.10. The van der Waals surface area contributed by atoms with Crippen LogP contribution in [0, 0.1) is 0 Å². The molecule has 2 atom stereocenters. The van der Waals surface area contributed by atoms with Crippen molar-refractivity contribution in [3.63, 3.8) is 0 Å². The van der Waals surface area contributed by atoms with E-state index in [0.29, 0.717) is 30.2 Å². The van der Waals surface area contributed by atoms with E-state index in [4.69, 9.17) is 4.74 Å². The zero-order chi connectivity index (χ0) is 18.1. The van der Waals surface area contributed by atoms with Gasteiger partial charge in [0, 0.05) is 41.8 Å². The van der Waals surface area contributed by atoms with E-state index in [1.54, 1.807) is 12.1 Å². The number of halogens is 1. The van der Waals surface area contributed by atoms with E-state index in [9.17, 15) is 9.59 Å². The minimum absolute atomic E-state index is 0.0193. The minimum atomic E-state index is -0.0736. The first-order valence-electron chi connectivity index (χ1n) is 8.59. The Morgan fingerprint density at radius 1 is 1.23 bits per heavy atom. The molecule has 2 aliphatic heterocycles. The van der Waals surface area contributed by atoms with Crippen LogP contribution in [0.25, 0.3) is 0 Å². The maximum Gasteiger partial charge on any atom is 0.255 e. The molecule has 2 saturated heterocycles. The number of rotatable bonds is 3. The van der Waals surface area contributed by atoms with Gasteiger partial charge < -0.3 is 15.0 Å². The summed E-state index contributed by atoms with van der Waals surface area (Å²) >= 11 is 3.40. The fourth-order valence-corrected chi connectivity index (χ4v) is 3.96. The van der Waals surface area contributed by atoms with Gasteiger partial charge in [0.1, 0.15) is 5.75 Å². The quantitative estimate of drug-likeness (QED) is 0.835. The highest BCUT2D eigenvalue weighted by atomic mass is 79.9. The van der Waals surface area contributed by atoms with Gasteiger partial charge in [-0.3, -0.25) is 9.59 Å². The molecular weight excluding hydrogens is 398 g/mol. The Morgan fingerprint density at radius 3 is 2.85 bits per heavy atom. The van der Waals surface area contributed by atoms with Gasteiger partial charge in [-0.05, 0) is 37.1 Å². The molecule has 0 saturated carbocycles. The summed E-state index contributed by atoms with van der Waals surface area (Å²) in [5.74, 6) is 1.04. The minimum Gasteiger partial charge on any atom is -0.439 e. The third kappa shape index (κ3) is 3.44. The van der Waals surface area contributed by atoms with E-state index in [2.05, 4.69) is 26.2 Å². The number of hydrogen-bond donors (Lipinski definition) is 1. The largest absolute Gasteiger partial charge is 0.439 e. The summed E-state index contributed by atoms with van der Waals surface area (Å²) in [5.41, 5.74) is 0.512. The normalized spacial score (nSPS) is 21.9. The summed E-state index contributed by atoms with van der Waals surface area (Å²) in [6, 6.07) is 10.9. The highest BCUT2D eigenvalue weighted by Gasteiger charge is 2.40. The Balaban J connectivity index is 1.49. The second-order valence-corrected chi connectivity index (χ2v) is 7.47. The fraction of sp³-hybridized carbons (Fsp3) is 0.316. The summed E-state index contributed by atoms with van der Waals surface area (Å²) in [6.07, 6.45) is 3.71. The van der Waals surface area contributed by atoms with Crippen LogP contribution in [0.2, 0.25) is 0 Å². The van der Waals surface area contributed by atoms with Crippen LogP contribution in [0.4, 0.5) is 0 Å². The van der Waals surface area contributed by atoms with Gasteiger partial charge in [-0.15, -0.1) is 0 Å². The lowest BCUT2D eigenvalue weighted by Gasteiger charge is -2.27. The van der Waals surface area contributed by atoms with E-state index in [1.807, 2.05) is 29.2 Å². The summed E-state index contributed by atoms with van der Waals surface area (Å²) in [7, 11) is 0. The van der Waals surface area contributed by atoms with E-state index in [0.717, 1.165) is 17.3 Å². The number of pyridine rings is 1. The van der Waals surface area contributed by atoms with Gasteiger partial charge in [-0.1, -0.05) is 22.0 Å². The van der Waals surface area contributed by atoms with E-state index in [1.165, 1.54) is 6.20 Å². The molecule has 1 aromatic carbocycles. The van der Waals surface area contributed by atoms with Gasteiger partial charge in [0.2, 0.25) is 11.8 Å². The maximum absolute atomic E-state index is 12.9. The molecule has 134 valence electrons. The van der Waals surface area contributed by atoms with Gasteiger partial charge in [0.25, 0.3) is 5.91 Å². The average Bonchev–Trinajstić information content (AvgIpc) is 2.93. The van der Waals surface area contributed by atoms with Gasteiger partial charge in [-0.2, -0.15) is 0 Å². The predicted octanol–water partition coefficient (Wildman–Crippen LogP) is 3.13. The third-order valence-corrected chi connectivity index (χ3v) is 5.31. The van der Waals surface area contributed by atoms with Gasteiger partial charge >= 0.3 is 0 Å². The predicted molar refractivity (Wildman–Crippen MR) is 99.1 cm³/mol. The molecule has 2 aliphatic rings. The third-order valence-electron chi connectivity index (χ3n) is 4.81.